The molecule has 1 atom stereocenters. The van der Waals surface area contributed by atoms with E-state index in [0.29, 0.717) is 18.7 Å². The normalized spacial score (nSPS) is 19.4. The van der Waals surface area contributed by atoms with Crippen LogP contribution >= 0.6 is 0 Å². The van der Waals surface area contributed by atoms with E-state index in [0.717, 1.165) is 30.4 Å². The Kier molecular flexibility index (Phi) is 7.48. The van der Waals surface area contributed by atoms with Gasteiger partial charge in [-0.1, -0.05) is 52.0 Å². The van der Waals surface area contributed by atoms with Crippen molar-refractivity contribution in [1.29, 1.82) is 0 Å². The zero-order valence-corrected chi connectivity index (χ0v) is 22.9. The molecule has 4 rings (SSSR count). The maximum Gasteiger partial charge on any atom is 0.335 e. The Morgan fingerprint density at radius 3 is 2.18 bits per heavy atom. The van der Waals surface area contributed by atoms with E-state index in [9.17, 15) is 19.5 Å². The fraction of sp³-hybridized carbons (Fsp3) is 0.406. The minimum atomic E-state index is -0.985. The molecular formula is C32H37NO5. The van der Waals surface area contributed by atoms with Crippen LogP contribution in [-0.4, -0.2) is 52.0 Å². The third kappa shape index (κ3) is 5.51. The number of allylic oxidation sites excluding steroid dienone is 1. The molecule has 6 heteroatoms. The zero-order chi connectivity index (χ0) is 27.8. The molecule has 0 aromatic heterocycles. The molecule has 0 spiro atoms. The molecule has 1 aliphatic carbocycles. The summed E-state index contributed by atoms with van der Waals surface area (Å²) in [5, 5.41) is 18.5. The Morgan fingerprint density at radius 2 is 1.61 bits per heavy atom. The van der Waals surface area contributed by atoms with Crippen LogP contribution < -0.4 is 0 Å². The number of fused-ring (bicyclic) bond motifs is 1. The number of carboxylic acid groups (broad SMARTS) is 2. The number of benzene rings is 2. The molecule has 38 heavy (non-hydrogen) atoms. The molecule has 2 N–H and O–H groups in total. The molecule has 1 heterocycles. The number of hydrogen-bond acceptors (Lipinski definition) is 4. The minimum Gasteiger partial charge on any atom is -0.480 e. The molecule has 0 radical (unpaired) electrons. The van der Waals surface area contributed by atoms with Crippen LogP contribution in [0, 0.1) is 0 Å². The van der Waals surface area contributed by atoms with Crippen molar-refractivity contribution in [2.24, 2.45) is 0 Å². The van der Waals surface area contributed by atoms with Crippen LogP contribution in [0.2, 0.25) is 0 Å². The number of aliphatic carboxylic acids is 1. The van der Waals surface area contributed by atoms with E-state index in [2.05, 4.69) is 39.8 Å². The smallest absolute Gasteiger partial charge is 0.335 e. The third-order valence-corrected chi connectivity index (χ3v) is 8.28. The lowest BCUT2D eigenvalue weighted by Crippen LogP contribution is -2.41. The molecule has 1 unspecified atom stereocenters. The van der Waals surface area contributed by atoms with Crippen LogP contribution in [0.15, 0.2) is 48.6 Å². The van der Waals surface area contributed by atoms with Crippen molar-refractivity contribution in [3.8, 4) is 0 Å². The van der Waals surface area contributed by atoms with Crippen molar-refractivity contribution in [3.05, 3.63) is 81.9 Å². The van der Waals surface area contributed by atoms with Gasteiger partial charge in [0.15, 0.2) is 5.78 Å². The lowest BCUT2D eigenvalue weighted by Gasteiger charge is -2.44. The van der Waals surface area contributed by atoms with E-state index in [1.807, 2.05) is 11.0 Å². The van der Waals surface area contributed by atoms with Crippen molar-refractivity contribution in [3.63, 3.8) is 0 Å². The Bertz CT molecular complexity index is 1330. The van der Waals surface area contributed by atoms with E-state index < -0.39 is 18.0 Å². The SMILES string of the molecule is CC(C(=O)O)N1CC=C(c2cc(C(=O)C=Cc3ccc(C(=O)O)cc3)cc3c2C(C)(C)CCC3(C)C)CC1. The van der Waals surface area contributed by atoms with Gasteiger partial charge in [-0.25, -0.2) is 4.79 Å². The molecule has 1 aliphatic heterocycles. The molecule has 0 saturated carbocycles. The number of carbonyl (C=O) groups is 3. The van der Waals surface area contributed by atoms with Crippen molar-refractivity contribution in [1.82, 2.24) is 4.90 Å². The number of hydrogen-bond donors (Lipinski definition) is 2. The highest BCUT2D eigenvalue weighted by atomic mass is 16.4. The summed E-state index contributed by atoms with van der Waals surface area (Å²) in [6, 6.07) is 9.96. The van der Waals surface area contributed by atoms with Gasteiger partial charge in [0.25, 0.3) is 0 Å². The van der Waals surface area contributed by atoms with Gasteiger partial charge in [0.1, 0.15) is 6.04 Å². The molecular weight excluding hydrogens is 478 g/mol. The van der Waals surface area contributed by atoms with Crippen molar-refractivity contribution in [2.45, 2.75) is 70.8 Å². The number of carboxylic acids is 2. The van der Waals surface area contributed by atoms with Gasteiger partial charge in [0.05, 0.1) is 5.56 Å². The van der Waals surface area contributed by atoms with Gasteiger partial charge in [-0.3, -0.25) is 14.5 Å². The number of rotatable bonds is 7. The number of carbonyl (C=O) groups excluding carboxylic acids is 1. The van der Waals surface area contributed by atoms with E-state index in [1.54, 1.807) is 31.2 Å². The summed E-state index contributed by atoms with van der Waals surface area (Å²) >= 11 is 0. The number of ketones is 1. The van der Waals surface area contributed by atoms with Gasteiger partial charge in [-0.2, -0.15) is 0 Å². The summed E-state index contributed by atoms with van der Waals surface area (Å²) in [5.41, 5.74) is 6.24. The lowest BCUT2D eigenvalue weighted by atomic mass is 9.61. The van der Waals surface area contributed by atoms with Crippen LogP contribution in [-0.2, 0) is 15.6 Å². The summed E-state index contributed by atoms with van der Waals surface area (Å²) in [6.45, 7) is 12.0. The van der Waals surface area contributed by atoms with Crippen LogP contribution in [0.3, 0.4) is 0 Å². The fourth-order valence-corrected chi connectivity index (χ4v) is 5.63. The first kappa shape index (κ1) is 27.5. The predicted octanol–water partition coefficient (Wildman–Crippen LogP) is 6.19. The maximum atomic E-state index is 13.4. The first-order chi connectivity index (χ1) is 17.8. The molecule has 0 saturated heterocycles. The molecule has 200 valence electrons. The largest absolute Gasteiger partial charge is 0.480 e. The van der Waals surface area contributed by atoms with Crippen LogP contribution in [0.4, 0.5) is 0 Å². The van der Waals surface area contributed by atoms with Gasteiger partial charge >= 0.3 is 11.9 Å². The zero-order valence-electron chi connectivity index (χ0n) is 22.9. The second-order valence-electron chi connectivity index (χ2n) is 11.8. The van der Waals surface area contributed by atoms with Crippen molar-refractivity contribution < 1.29 is 24.6 Å². The summed E-state index contributed by atoms with van der Waals surface area (Å²) in [7, 11) is 0. The second-order valence-corrected chi connectivity index (χ2v) is 11.8. The quantitative estimate of drug-likeness (QED) is 0.337. The highest BCUT2D eigenvalue weighted by molar-refractivity contribution is 6.07. The van der Waals surface area contributed by atoms with Gasteiger partial charge in [0.2, 0.25) is 0 Å². The summed E-state index contributed by atoms with van der Waals surface area (Å²) in [4.78, 5) is 38.0. The monoisotopic (exact) mass is 515 g/mol. The Balaban J connectivity index is 1.74. The van der Waals surface area contributed by atoms with Gasteiger partial charge in [-0.15, -0.1) is 0 Å². The molecule has 0 bridgehead atoms. The number of aromatic carboxylic acids is 1. The fourth-order valence-electron chi connectivity index (χ4n) is 5.63. The molecule has 0 amide bonds. The van der Waals surface area contributed by atoms with Crippen LogP contribution in [0.1, 0.15) is 96.9 Å². The molecule has 0 fully saturated rings. The summed E-state index contributed by atoms with van der Waals surface area (Å²) < 4.78 is 0. The third-order valence-electron chi connectivity index (χ3n) is 8.28. The average molecular weight is 516 g/mol. The molecule has 2 aromatic rings. The standard InChI is InChI=1S/C32H37NO5/c1-20(29(35)36)33-16-12-22(13-17-33)25-18-24(19-26-28(25)32(4,5)15-14-31(26,2)3)27(34)11-8-21-6-9-23(10-7-21)30(37)38/h6-12,18-20H,13-17H2,1-5H3,(H,35,36)(H,37,38). The first-order valence-corrected chi connectivity index (χ1v) is 13.2. The predicted molar refractivity (Wildman–Crippen MR) is 150 cm³/mol. The Morgan fingerprint density at radius 1 is 0.947 bits per heavy atom. The highest BCUT2D eigenvalue weighted by Crippen LogP contribution is 2.49. The molecule has 2 aliphatic rings. The van der Waals surface area contributed by atoms with Crippen LogP contribution in [0.5, 0.6) is 0 Å². The molecule has 2 aromatic carbocycles. The van der Waals surface area contributed by atoms with E-state index in [1.165, 1.54) is 28.8 Å². The second kappa shape index (κ2) is 10.3. The Hall–Kier alpha value is -3.51. The van der Waals surface area contributed by atoms with Gasteiger partial charge in [-0.05, 0) is 95.2 Å². The van der Waals surface area contributed by atoms with Gasteiger partial charge < -0.3 is 10.2 Å². The first-order valence-electron chi connectivity index (χ1n) is 13.2. The minimum absolute atomic E-state index is 0.0458. The Labute approximate surface area is 224 Å². The topological polar surface area (TPSA) is 94.9 Å². The lowest BCUT2D eigenvalue weighted by molar-refractivity contribution is -0.142. The molecule has 6 nitrogen and oxygen atoms in total. The van der Waals surface area contributed by atoms with E-state index in [4.69, 9.17) is 5.11 Å². The number of nitrogens with zero attached hydrogens (tertiary/aromatic N) is 1. The highest BCUT2D eigenvalue weighted by Gasteiger charge is 2.40. The maximum absolute atomic E-state index is 13.4. The van der Waals surface area contributed by atoms with Crippen molar-refractivity contribution >= 4 is 29.4 Å². The summed E-state index contributed by atoms with van der Waals surface area (Å²) in [5.74, 6) is -1.91. The van der Waals surface area contributed by atoms with E-state index in [-0.39, 0.29) is 22.2 Å². The summed E-state index contributed by atoms with van der Waals surface area (Å²) in [6.07, 6.45) is 8.20. The average Bonchev–Trinajstić information content (AvgIpc) is 2.89. The van der Waals surface area contributed by atoms with E-state index >= 15 is 0 Å². The van der Waals surface area contributed by atoms with Crippen molar-refractivity contribution in [2.75, 3.05) is 13.1 Å². The van der Waals surface area contributed by atoms with Crippen LogP contribution in [0.25, 0.3) is 11.6 Å². The van der Waals surface area contributed by atoms with Gasteiger partial charge in [0, 0.05) is 18.7 Å².